The fraction of sp³-hybridized carbons (Fsp3) is 0.250. The summed E-state index contributed by atoms with van der Waals surface area (Å²) in [5, 5.41) is 3.17. The van der Waals surface area contributed by atoms with E-state index in [1.807, 2.05) is 0 Å². The van der Waals surface area contributed by atoms with Crippen LogP contribution in [0.5, 0.6) is 0 Å². The highest BCUT2D eigenvalue weighted by molar-refractivity contribution is 7.89. The summed E-state index contributed by atoms with van der Waals surface area (Å²) in [7, 11) is -3.66. The van der Waals surface area contributed by atoms with Crippen molar-refractivity contribution in [1.29, 1.82) is 0 Å². The Morgan fingerprint density at radius 3 is 2.62 bits per heavy atom. The number of carbonyl (C=O) groups excluding carboxylic acids is 1. The van der Waals surface area contributed by atoms with Gasteiger partial charge in [0, 0.05) is 28.9 Å². The second-order valence-electron chi connectivity index (χ2n) is 6.67. The number of hydrogen-bond acceptors (Lipinski definition) is 5. The molecule has 2 heterocycles. The van der Waals surface area contributed by atoms with Gasteiger partial charge < -0.3 is 10.1 Å². The van der Waals surface area contributed by atoms with Crippen molar-refractivity contribution in [3.63, 3.8) is 0 Å². The van der Waals surface area contributed by atoms with Crippen LogP contribution in [0, 0.1) is 12.7 Å². The van der Waals surface area contributed by atoms with Crippen LogP contribution in [0.15, 0.2) is 47.4 Å². The Balaban J connectivity index is 1.61. The normalized spacial score (nSPS) is 15.5. The molecule has 0 spiro atoms. The number of amides is 1. The molecule has 9 heteroatoms. The summed E-state index contributed by atoms with van der Waals surface area (Å²) >= 11 is 1.21. The van der Waals surface area contributed by atoms with E-state index in [2.05, 4.69) is 5.32 Å². The average molecular weight is 435 g/mol. The molecule has 4 rings (SSSR count). The highest BCUT2D eigenvalue weighted by Gasteiger charge is 2.26. The van der Waals surface area contributed by atoms with Gasteiger partial charge in [0.15, 0.2) is 0 Å². The molecule has 0 aliphatic carbocycles. The number of aryl methyl sites for hydroxylation is 1. The van der Waals surface area contributed by atoms with Gasteiger partial charge in [0.25, 0.3) is 5.91 Å². The zero-order valence-corrected chi connectivity index (χ0v) is 17.3. The van der Waals surface area contributed by atoms with E-state index in [0.29, 0.717) is 52.5 Å². The van der Waals surface area contributed by atoms with Gasteiger partial charge in [-0.25, -0.2) is 12.8 Å². The van der Waals surface area contributed by atoms with Gasteiger partial charge >= 0.3 is 0 Å². The molecule has 1 amide bonds. The van der Waals surface area contributed by atoms with E-state index in [0.717, 1.165) is 0 Å². The van der Waals surface area contributed by atoms with Crippen LogP contribution in [0.1, 0.15) is 15.2 Å². The van der Waals surface area contributed by atoms with Crippen molar-refractivity contribution in [1.82, 2.24) is 4.31 Å². The lowest BCUT2D eigenvalue weighted by atomic mass is 10.1. The minimum absolute atomic E-state index is 0.108. The number of thiophene rings is 1. The molecule has 0 atom stereocenters. The Kier molecular flexibility index (Phi) is 5.39. The van der Waals surface area contributed by atoms with Crippen LogP contribution in [0.2, 0.25) is 0 Å². The molecule has 1 aliphatic heterocycles. The summed E-state index contributed by atoms with van der Waals surface area (Å²) in [6.07, 6.45) is 0. The average Bonchev–Trinajstić information content (AvgIpc) is 3.07. The van der Waals surface area contributed by atoms with Gasteiger partial charge in [0.05, 0.1) is 23.0 Å². The van der Waals surface area contributed by atoms with Crippen LogP contribution in [-0.4, -0.2) is 44.9 Å². The maximum absolute atomic E-state index is 14.1. The maximum atomic E-state index is 14.1. The first-order valence-corrected chi connectivity index (χ1v) is 11.3. The second-order valence-corrected chi connectivity index (χ2v) is 9.66. The van der Waals surface area contributed by atoms with Gasteiger partial charge in [-0.1, -0.05) is 12.1 Å². The van der Waals surface area contributed by atoms with Crippen molar-refractivity contribution in [2.75, 3.05) is 31.6 Å². The van der Waals surface area contributed by atoms with Crippen LogP contribution in [-0.2, 0) is 14.8 Å². The minimum atomic E-state index is -3.66. The minimum Gasteiger partial charge on any atom is -0.379 e. The standard InChI is InChI=1S/C20H19FN2O4S2/c1-13-18-16(21)6-3-7-17(18)28-19(13)20(24)22-14-4-2-5-15(12-14)29(25,26)23-8-10-27-11-9-23/h2-7,12H,8-11H2,1H3,(H,22,24). The highest BCUT2D eigenvalue weighted by Crippen LogP contribution is 2.33. The number of morpholine rings is 1. The number of nitrogens with one attached hydrogen (secondary N) is 1. The monoisotopic (exact) mass is 434 g/mol. The Morgan fingerprint density at radius 1 is 1.17 bits per heavy atom. The van der Waals surface area contributed by atoms with Crippen LogP contribution in [0.25, 0.3) is 10.1 Å². The predicted octanol–water partition coefficient (Wildman–Crippen LogP) is 3.62. The van der Waals surface area contributed by atoms with Crippen LogP contribution < -0.4 is 5.32 Å². The van der Waals surface area contributed by atoms with Crippen molar-refractivity contribution in [3.05, 3.63) is 58.7 Å². The van der Waals surface area contributed by atoms with Crippen molar-refractivity contribution in [2.24, 2.45) is 0 Å². The number of rotatable bonds is 4. The number of nitrogens with zero attached hydrogens (tertiary/aromatic N) is 1. The Morgan fingerprint density at radius 2 is 1.90 bits per heavy atom. The molecule has 2 aromatic carbocycles. The quantitative estimate of drug-likeness (QED) is 0.681. The number of fused-ring (bicyclic) bond motifs is 1. The number of anilines is 1. The van der Waals surface area contributed by atoms with Gasteiger partial charge in [-0.3, -0.25) is 4.79 Å². The number of benzene rings is 2. The van der Waals surface area contributed by atoms with E-state index < -0.39 is 15.9 Å². The number of halogens is 1. The second kappa shape index (κ2) is 7.83. The SMILES string of the molecule is Cc1c(C(=O)Nc2cccc(S(=O)(=O)N3CCOCC3)c2)sc2cccc(F)c12. The summed E-state index contributed by atoms with van der Waals surface area (Å²) in [6.45, 7) is 3.02. The van der Waals surface area contributed by atoms with E-state index in [1.165, 1.54) is 33.8 Å². The van der Waals surface area contributed by atoms with Crippen molar-refractivity contribution < 1.29 is 22.3 Å². The molecule has 1 N–H and O–H groups in total. The molecule has 6 nitrogen and oxygen atoms in total. The Hall–Kier alpha value is -2.33. The molecule has 3 aromatic rings. The van der Waals surface area contributed by atoms with Crippen molar-refractivity contribution in [2.45, 2.75) is 11.8 Å². The first-order chi connectivity index (χ1) is 13.9. The van der Waals surface area contributed by atoms with Gasteiger partial charge in [-0.2, -0.15) is 4.31 Å². The van der Waals surface area contributed by atoms with Crippen LogP contribution in [0.4, 0.5) is 10.1 Å². The van der Waals surface area contributed by atoms with Gasteiger partial charge in [-0.15, -0.1) is 11.3 Å². The van der Waals surface area contributed by atoms with Gasteiger partial charge in [-0.05, 0) is 42.8 Å². The topological polar surface area (TPSA) is 75.7 Å². The molecule has 1 aromatic heterocycles. The van der Waals surface area contributed by atoms with Gasteiger partial charge in [0.2, 0.25) is 10.0 Å². The lowest BCUT2D eigenvalue weighted by molar-refractivity contribution is 0.0730. The molecular weight excluding hydrogens is 415 g/mol. The zero-order chi connectivity index (χ0) is 20.6. The number of ether oxygens (including phenoxy) is 1. The summed E-state index contributed by atoms with van der Waals surface area (Å²) in [6, 6.07) is 10.9. The third kappa shape index (κ3) is 3.78. The molecule has 0 unspecified atom stereocenters. The summed E-state index contributed by atoms with van der Waals surface area (Å²) in [5.41, 5.74) is 0.930. The third-order valence-electron chi connectivity index (χ3n) is 4.81. The van der Waals surface area contributed by atoms with E-state index in [-0.39, 0.29) is 10.7 Å². The van der Waals surface area contributed by atoms with Crippen molar-refractivity contribution in [3.8, 4) is 0 Å². The van der Waals surface area contributed by atoms with E-state index in [9.17, 15) is 17.6 Å². The molecule has 0 radical (unpaired) electrons. The fourth-order valence-corrected chi connectivity index (χ4v) is 5.90. The summed E-state index contributed by atoms with van der Waals surface area (Å²) in [5.74, 6) is -0.766. The summed E-state index contributed by atoms with van der Waals surface area (Å²) in [4.78, 5) is 13.3. The molecule has 1 aliphatic rings. The van der Waals surface area contributed by atoms with E-state index in [4.69, 9.17) is 4.74 Å². The Labute approximate surface area is 172 Å². The molecule has 0 bridgehead atoms. The Bertz CT molecular complexity index is 1180. The number of sulfonamides is 1. The zero-order valence-electron chi connectivity index (χ0n) is 15.6. The van der Waals surface area contributed by atoms with Crippen molar-refractivity contribution >= 4 is 43.0 Å². The number of carbonyl (C=O) groups is 1. The number of hydrogen-bond donors (Lipinski definition) is 1. The molecule has 1 saturated heterocycles. The smallest absolute Gasteiger partial charge is 0.266 e. The van der Waals surface area contributed by atoms with E-state index in [1.54, 1.807) is 31.2 Å². The summed E-state index contributed by atoms with van der Waals surface area (Å²) < 4.78 is 47.0. The largest absolute Gasteiger partial charge is 0.379 e. The highest BCUT2D eigenvalue weighted by atomic mass is 32.2. The molecule has 29 heavy (non-hydrogen) atoms. The first kappa shape index (κ1) is 20.0. The lowest BCUT2D eigenvalue weighted by Crippen LogP contribution is -2.40. The fourth-order valence-electron chi connectivity index (χ4n) is 3.33. The molecule has 0 saturated carbocycles. The third-order valence-corrected chi connectivity index (χ3v) is 7.96. The van der Waals surface area contributed by atoms with Crippen LogP contribution in [0.3, 0.4) is 0 Å². The molecule has 152 valence electrons. The predicted molar refractivity (Wildman–Crippen MR) is 110 cm³/mol. The van der Waals surface area contributed by atoms with Gasteiger partial charge in [0.1, 0.15) is 5.82 Å². The maximum Gasteiger partial charge on any atom is 0.266 e. The lowest BCUT2D eigenvalue weighted by Gasteiger charge is -2.26. The molecular formula is C20H19FN2O4S2. The first-order valence-electron chi connectivity index (χ1n) is 9.05. The molecule has 1 fully saturated rings. The van der Waals surface area contributed by atoms with E-state index >= 15 is 0 Å². The van der Waals surface area contributed by atoms with Crippen LogP contribution >= 0.6 is 11.3 Å².